The topological polar surface area (TPSA) is 99.8 Å². The van der Waals surface area contributed by atoms with Gasteiger partial charge in [0.1, 0.15) is 17.3 Å². The molecule has 0 amide bonds. The van der Waals surface area contributed by atoms with Crippen LogP contribution < -0.4 is 20.7 Å². The van der Waals surface area contributed by atoms with E-state index in [2.05, 4.69) is 15.6 Å². The first-order chi connectivity index (χ1) is 11.8. The van der Waals surface area contributed by atoms with Gasteiger partial charge in [-0.2, -0.15) is 0 Å². The molecular weight excluding hydrogens is 479 g/mol. The molecule has 1 heterocycles. The number of para-hydroxylation sites is 1. The van der Waals surface area contributed by atoms with Gasteiger partial charge in [0.15, 0.2) is 5.96 Å². The fraction of sp³-hybridized carbons (Fsp3) is 0.533. The van der Waals surface area contributed by atoms with E-state index >= 15 is 0 Å². The highest BCUT2D eigenvalue weighted by molar-refractivity contribution is 14.0. The summed E-state index contributed by atoms with van der Waals surface area (Å²) in [5, 5.41) is 11.1. The summed E-state index contributed by atoms with van der Waals surface area (Å²) in [7, 11) is -3.57. The minimum absolute atomic E-state index is 0. The van der Waals surface area contributed by atoms with Gasteiger partial charge in [0.25, 0.3) is 0 Å². The summed E-state index contributed by atoms with van der Waals surface area (Å²) < 4.78 is 49.7. The molecule has 1 atom stereocenters. The van der Waals surface area contributed by atoms with E-state index in [-0.39, 0.29) is 48.0 Å². The quantitative estimate of drug-likeness (QED) is 0.306. The molecule has 4 N–H and O–H groups in total. The molecule has 1 aliphatic heterocycles. The van der Waals surface area contributed by atoms with Crippen molar-refractivity contribution in [3.8, 4) is 0 Å². The molecule has 0 radical (unpaired) electrons. The van der Waals surface area contributed by atoms with E-state index < -0.39 is 21.7 Å². The van der Waals surface area contributed by atoms with Crippen molar-refractivity contribution in [1.29, 1.82) is 0 Å². The number of sulfonamides is 1. The lowest BCUT2D eigenvalue weighted by Crippen LogP contribution is -2.45. The van der Waals surface area contributed by atoms with Crippen molar-refractivity contribution in [2.24, 2.45) is 10.1 Å². The number of primary sulfonamides is 1. The second-order valence-corrected chi connectivity index (χ2v) is 7.51. The molecule has 7 nitrogen and oxygen atoms in total. The van der Waals surface area contributed by atoms with Gasteiger partial charge in [0.05, 0.1) is 12.3 Å². The number of hydrogen-bond acceptors (Lipinski definition) is 4. The van der Waals surface area contributed by atoms with Crippen LogP contribution in [-0.2, 0) is 10.0 Å². The van der Waals surface area contributed by atoms with Crippen molar-refractivity contribution in [3.05, 3.63) is 29.8 Å². The molecular formula is C15H24F2IN5O2S. The number of nitrogens with zero attached hydrogens (tertiary/aromatic N) is 2. The molecule has 26 heavy (non-hydrogen) atoms. The number of anilines is 1. The Morgan fingerprint density at radius 1 is 1.38 bits per heavy atom. The Bertz CT molecular complexity index is 712. The van der Waals surface area contributed by atoms with E-state index in [1.807, 2.05) is 6.92 Å². The van der Waals surface area contributed by atoms with E-state index in [1.165, 1.54) is 18.2 Å². The van der Waals surface area contributed by atoms with Crippen LogP contribution in [0, 0.1) is 11.6 Å². The molecule has 0 bridgehead atoms. The molecule has 2 rings (SSSR count). The maximum absolute atomic E-state index is 13.9. The average Bonchev–Trinajstić information content (AvgIpc) is 2.94. The van der Waals surface area contributed by atoms with Crippen LogP contribution in [0.4, 0.5) is 14.5 Å². The summed E-state index contributed by atoms with van der Waals surface area (Å²) in [5.74, 6) is -0.975. The van der Waals surface area contributed by atoms with Gasteiger partial charge in [-0.15, -0.1) is 24.0 Å². The Morgan fingerprint density at radius 2 is 2.04 bits per heavy atom. The van der Waals surface area contributed by atoms with Gasteiger partial charge in [0, 0.05) is 25.7 Å². The summed E-state index contributed by atoms with van der Waals surface area (Å²) in [5.41, 5.74) is -0.0250. The zero-order valence-electron chi connectivity index (χ0n) is 14.4. The minimum Gasteiger partial charge on any atom is -0.365 e. The van der Waals surface area contributed by atoms with Crippen LogP contribution in [0.15, 0.2) is 23.2 Å². The van der Waals surface area contributed by atoms with Crippen LogP contribution in [0.2, 0.25) is 0 Å². The van der Waals surface area contributed by atoms with E-state index in [0.29, 0.717) is 32.0 Å². The van der Waals surface area contributed by atoms with Crippen molar-refractivity contribution in [3.63, 3.8) is 0 Å². The van der Waals surface area contributed by atoms with Crippen molar-refractivity contribution < 1.29 is 17.2 Å². The molecule has 1 aromatic carbocycles. The lowest BCUT2D eigenvalue weighted by Gasteiger charge is -2.21. The first kappa shape index (κ1) is 22.8. The zero-order chi connectivity index (χ0) is 18.4. The highest BCUT2D eigenvalue weighted by Gasteiger charge is 2.27. The van der Waals surface area contributed by atoms with E-state index in [9.17, 15) is 17.2 Å². The third-order valence-electron chi connectivity index (χ3n) is 3.77. The average molecular weight is 503 g/mol. The highest BCUT2D eigenvalue weighted by Crippen LogP contribution is 2.26. The standard InChI is InChI=1S/C15H23F2N5O2S.HI/c1-2-19-15(20-7-9-25(18,23)24)21-11-6-8-22(10-11)14-12(16)4-3-5-13(14)17;/h3-5,11H,2,6-10H2,1H3,(H2,18,23,24)(H2,19,20,21);1H. The van der Waals surface area contributed by atoms with Crippen molar-refractivity contribution in [2.75, 3.05) is 36.8 Å². The Balaban J connectivity index is 0.00000338. The summed E-state index contributed by atoms with van der Waals surface area (Å²) in [6.45, 7) is 3.43. The summed E-state index contributed by atoms with van der Waals surface area (Å²) in [4.78, 5) is 5.81. The summed E-state index contributed by atoms with van der Waals surface area (Å²) in [6.07, 6.45) is 0.674. The predicted molar refractivity (Wildman–Crippen MR) is 109 cm³/mol. The van der Waals surface area contributed by atoms with Gasteiger partial charge in [-0.25, -0.2) is 22.3 Å². The number of rotatable bonds is 6. The Kier molecular flexibility index (Phi) is 8.96. The summed E-state index contributed by atoms with van der Waals surface area (Å²) in [6, 6.07) is 3.74. The van der Waals surface area contributed by atoms with Crippen molar-refractivity contribution in [1.82, 2.24) is 10.6 Å². The predicted octanol–water partition coefficient (Wildman–Crippen LogP) is 1.01. The number of nitrogens with one attached hydrogen (secondary N) is 2. The molecule has 11 heteroatoms. The van der Waals surface area contributed by atoms with Crippen molar-refractivity contribution >= 4 is 45.6 Å². The van der Waals surface area contributed by atoms with Crippen LogP contribution in [-0.4, -0.2) is 52.4 Å². The monoisotopic (exact) mass is 503 g/mol. The van der Waals surface area contributed by atoms with Gasteiger partial charge >= 0.3 is 0 Å². The third-order valence-corrected chi connectivity index (χ3v) is 4.52. The van der Waals surface area contributed by atoms with Gasteiger partial charge < -0.3 is 15.5 Å². The van der Waals surface area contributed by atoms with Gasteiger partial charge in [-0.3, -0.25) is 4.99 Å². The largest absolute Gasteiger partial charge is 0.365 e. The molecule has 1 aliphatic rings. The van der Waals surface area contributed by atoms with Crippen LogP contribution in [0.25, 0.3) is 0 Å². The third kappa shape index (κ3) is 6.83. The molecule has 1 unspecified atom stereocenters. The normalized spacial score (nSPS) is 17.8. The first-order valence-electron chi connectivity index (χ1n) is 8.04. The molecule has 0 aromatic heterocycles. The molecule has 0 saturated carbocycles. The van der Waals surface area contributed by atoms with E-state index in [1.54, 1.807) is 4.90 Å². The number of nitrogens with two attached hydrogens (primary N) is 1. The maximum atomic E-state index is 13.9. The minimum atomic E-state index is -3.57. The molecule has 0 spiro atoms. The van der Waals surface area contributed by atoms with Crippen LogP contribution in [0.3, 0.4) is 0 Å². The van der Waals surface area contributed by atoms with E-state index in [0.717, 1.165) is 0 Å². The number of halogens is 3. The smallest absolute Gasteiger partial charge is 0.210 e. The van der Waals surface area contributed by atoms with Crippen LogP contribution in [0.1, 0.15) is 13.3 Å². The molecule has 148 valence electrons. The molecule has 1 aromatic rings. The number of hydrogen-bond donors (Lipinski definition) is 3. The lowest BCUT2D eigenvalue weighted by molar-refractivity contribution is 0.576. The van der Waals surface area contributed by atoms with Gasteiger partial charge in [-0.05, 0) is 25.5 Å². The Labute approximate surface area is 169 Å². The van der Waals surface area contributed by atoms with Crippen LogP contribution >= 0.6 is 24.0 Å². The Morgan fingerprint density at radius 3 is 2.62 bits per heavy atom. The fourth-order valence-electron chi connectivity index (χ4n) is 2.67. The van der Waals surface area contributed by atoms with Gasteiger partial charge in [-0.1, -0.05) is 6.07 Å². The number of benzene rings is 1. The molecule has 1 saturated heterocycles. The Hall–Kier alpha value is -1.21. The number of aliphatic imine (C=N–C) groups is 1. The molecule has 1 fully saturated rings. The first-order valence-corrected chi connectivity index (χ1v) is 9.76. The van der Waals surface area contributed by atoms with E-state index in [4.69, 9.17) is 5.14 Å². The summed E-state index contributed by atoms with van der Waals surface area (Å²) >= 11 is 0. The lowest BCUT2D eigenvalue weighted by atomic mass is 10.2. The fourth-order valence-corrected chi connectivity index (χ4v) is 3.02. The van der Waals surface area contributed by atoms with Crippen molar-refractivity contribution in [2.45, 2.75) is 19.4 Å². The second-order valence-electron chi connectivity index (χ2n) is 5.77. The maximum Gasteiger partial charge on any atom is 0.210 e. The SMILES string of the molecule is CCNC(=NCCS(N)(=O)=O)NC1CCN(c2c(F)cccc2F)C1.I. The van der Waals surface area contributed by atoms with Gasteiger partial charge in [0.2, 0.25) is 10.0 Å². The molecule has 0 aliphatic carbocycles. The second kappa shape index (κ2) is 10.2. The van der Waals surface area contributed by atoms with Crippen LogP contribution in [0.5, 0.6) is 0 Å². The zero-order valence-corrected chi connectivity index (χ0v) is 17.6. The number of guanidine groups is 1. The highest BCUT2D eigenvalue weighted by atomic mass is 127.